The SMILES string of the molecule is NC(=O)[C@@H]1CCCN1C(=O)c1cc(C2CC2)c(OCC2CCN(Cc3cc(F)cc(Cl)c3)CC2)cc1F. The van der Waals surface area contributed by atoms with E-state index in [2.05, 4.69) is 4.90 Å². The van der Waals surface area contributed by atoms with E-state index in [4.69, 9.17) is 22.1 Å². The standard InChI is InChI=1S/C28H32ClF2N3O3/c29-20-10-18(11-21(30)12-20)15-33-8-5-17(6-9-33)16-37-26-14-24(31)23(13-22(26)19-3-4-19)28(36)34-7-1-2-25(34)27(32)35/h10-14,17,19,25H,1-9,15-16H2,(H2,32,35)/t25-/m0/s1. The zero-order valence-electron chi connectivity index (χ0n) is 20.7. The summed E-state index contributed by atoms with van der Waals surface area (Å²) in [5.74, 6) is -0.925. The van der Waals surface area contributed by atoms with Gasteiger partial charge in [-0.25, -0.2) is 8.78 Å². The Labute approximate surface area is 220 Å². The molecule has 2 aromatic carbocycles. The number of hydrogen-bond donors (Lipinski definition) is 1. The first-order valence-corrected chi connectivity index (χ1v) is 13.4. The van der Waals surface area contributed by atoms with Gasteiger partial charge in [0.2, 0.25) is 5.91 Å². The maximum atomic E-state index is 15.1. The Morgan fingerprint density at radius 1 is 1.00 bits per heavy atom. The lowest BCUT2D eigenvalue weighted by atomic mass is 9.97. The van der Waals surface area contributed by atoms with Crippen molar-refractivity contribution in [2.24, 2.45) is 11.7 Å². The van der Waals surface area contributed by atoms with Gasteiger partial charge in [0.05, 0.1) is 12.2 Å². The normalized spacial score (nSPS) is 20.8. The number of piperidine rings is 1. The minimum absolute atomic E-state index is 0.0202. The van der Waals surface area contributed by atoms with Gasteiger partial charge in [0.1, 0.15) is 23.4 Å². The molecule has 2 N–H and O–H groups in total. The third kappa shape index (κ3) is 6.07. The van der Waals surface area contributed by atoms with Crippen LogP contribution in [-0.4, -0.2) is 53.9 Å². The molecule has 1 saturated carbocycles. The molecular formula is C28H32ClF2N3O3. The molecule has 9 heteroatoms. The highest BCUT2D eigenvalue weighted by Gasteiger charge is 2.36. The summed E-state index contributed by atoms with van der Waals surface area (Å²) in [5.41, 5.74) is 7.15. The maximum Gasteiger partial charge on any atom is 0.257 e. The maximum absolute atomic E-state index is 15.1. The molecule has 6 nitrogen and oxygen atoms in total. The van der Waals surface area contributed by atoms with Crippen LogP contribution in [-0.2, 0) is 11.3 Å². The van der Waals surface area contributed by atoms with Gasteiger partial charge >= 0.3 is 0 Å². The van der Waals surface area contributed by atoms with Crippen LogP contribution < -0.4 is 10.5 Å². The van der Waals surface area contributed by atoms with E-state index in [1.54, 1.807) is 12.1 Å². The smallest absolute Gasteiger partial charge is 0.257 e. The van der Waals surface area contributed by atoms with E-state index >= 15 is 4.39 Å². The van der Waals surface area contributed by atoms with Gasteiger partial charge < -0.3 is 15.4 Å². The Morgan fingerprint density at radius 2 is 1.76 bits per heavy atom. The summed E-state index contributed by atoms with van der Waals surface area (Å²) >= 11 is 5.98. The second-order valence-corrected chi connectivity index (χ2v) is 10.9. The minimum Gasteiger partial charge on any atom is -0.493 e. The first-order chi connectivity index (χ1) is 17.8. The van der Waals surface area contributed by atoms with Crippen LogP contribution in [0.15, 0.2) is 30.3 Å². The molecule has 0 aromatic heterocycles. The summed E-state index contributed by atoms with van der Waals surface area (Å²) in [5, 5.41) is 0.401. The van der Waals surface area contributed by atoms with Crippen molar-refractivity contribution in [2.75, 3.05) is 26.2 Å². The largest absolute Gasteiger partial charge is 0.493 e. The first-order valence-electron chi connectivity index (χ1n) is 13.0. The number of carbonyl (C=O) groups excluding carboxylic acids is 2. The van der Waals surface area contributed by atoms with Crippen molar-refractivity contribution < 1.29 is 23.1 Å². The molecule has 1 aliphatic carbocycles. The van der Waals surface area contributed by atoms with Gasteiger partial charge in [0, 0.05) is 24.2 Å². The Kier molecular flexibility index (Phi) is 7.67. The van der Waals surface area contributed by atoms with E-state index in [0.29, 0.717) is 49.2 Å². The monoisotopic (exact) mass is 531 g/mol. The molecule has 0 bridgehead atoms. The molecule has 198 valence electrons. The number of carbonyl (C=O) groups is 2. The molecule has 37 heavy (non-hydrogen) atoms. The van der Waals surface area contributed by atoms with Crippen LogP contribution in [0.5, 0.6) is 5.75 Å². The van der Waals surface area contributed by atoms with E-state index in [1.165, 1.54) is 23.1 Å². The van der Waals surface area contributed by atoms with Gasteiger partial charge in [-0.15, -0.1) is 0 Å². The third-order valence-corrected chi connectivity index (χ3v) is 7.92. The average molecular weight is 532 g/mol. The lowest BCUT2D eigenvalue weighted by Gasteiger charge is -2.32. The van der Waals surface area contributed by atoms with Crippen molar-refractivity contribution in [2.45, 2.75) is 57.0 Å². The van der Waals surface area contributed by atoms with E-state index in [0.717, 1.165) is 49.9 Å². The lowest BCUT2D eigenvalue weighted by Crippen LogP contribution is -2.44. The second-order valence-electron chi connectivity index (χ2n) is 10.5. The molecule has 0 radical (unpaired) electrons. The zero-order valence-corrected chi connectivity index (χ0v) is 21.5. The predicted molar refractivity (Wildman–Crippen MR) is 137 cm³/mol. The average Bonchev–Trinajstić information content (AvgIpc) is 3.57. The number of likely N-dealkylation sites (tertiary alicyclic amines) is 2. The van der Waals surface area contributed by atoms with Crippen LogP contribution in [0.4, 0.5) is 8.78 Å². The Hall–Kier alpha value is -2.71. The summed E-state index contributed by atoms with van der Waals surface area (Å²) in [6, 6.07) is 6.88. The van der Waals surface area contributed by atoms with Crippen LogP contribution in [0, 0.1) is 17.6 Å². The highest BCUT2D eigenvalue weighted by molar-refractivity contribution is 6.30. The number of nitrogens with zero attached hydrogens (tertiary/aromatic N) is 2. The molecule has 1 atom stereocenters. The number of halogens is 3. The van der Waals surface area contributed by atoms with Gasteiger partial charge in [-0.1, -0.05) is 11.6 Å². The number of primary amides is 1. The number of ether oxygens (including phenoxy) is 1. The molecule has 2 aliphatic heterocycles. The highest BCUT2D eigenvalue weighted by atomic mass is 35.5. The molecule has 2 amide bonds. The molecule has 0 spiro atoms. The van der Waals surface area contributed by atoms with Gasteiger partial charge in [0.25, 0.3) is 5.91 Å². The molecule has 5 rings (SSSR count). The topological polar surface area (TPSA) is 75.9 Å². The van der Waals surface area contributed by atoms with Crippen molar-refractivity contribution in [3.63, 3.8) is 0 Å². The minimum atomic E-state index is -0.684. The number of nitrogens with two attached hydrogens (primary N) is 1. The molecule has 2 saturated heterocycles. The fourth-order valence-corrected chi connectivity index (χ4v) is 5.76. The third-order valence-electron chi connectivity index (χ3n) is 7.70. The van der Waals surface area contributed by atoms with Crippen molar-refractivity contribution >= 4 is 23.4 Å². The summed E-state index contributed by atoms with van der Waals surface area (Å²) in [7, 11) is 0. The predicted octanol–water partition coefficient (Wildman–Crippen LogP) is 4.88. The van der Waals surface area contributed by atoms with Gasteiger partial charge in [-0.2, -0.15) is 0 Å². The highest BCUT2D eigenvalue weighted by Crippen LogP contribution is 2.45. The van der Waals surface area contributed by atoms with E-state index in [1.807, 2.05) is 0 Å². The fourth-order valence-electron chi connectivity index (χ4n) is 5.51. The zero-order chi connectivity index (χ0) is 26.1. The number of amides is 2. The van der Waals surface area contributed by atoms with Crippen molar-refractivity contribution in [3.05, 3.63) is 63.7 Å². The molecule has 3 fully saturated rings. The molecular weight excluding hydrogens is 500 g/mol. The Balaban J connectivity index is 1.20. The summed E-state index contributed by atoms with van der Waals surface area (Å²) < 4.78 is 34.9. The number of rotatable bonds is 8. The van der Waals surface area contributed by atoms with Gasteiger partial charge in [-0.05, 0) is 98.8 Å². The van der Waals surface area contributed by atoms with Crippen LogP contribution in [0.2, 0.25) is 5.02 Å². The molecule has 2 heterocycles. The summed E-state index contributed by atoms with van der Waals surface area (Å²) in [6.45, 7) is 3.23. The molecule has 0 unspecified atom stereocenters. The van der Waals surface area contributed by atoms with E-state index < -0.39 is 23.7 Å². The molecule has 2 aromatic rings. The van der Waals surface area contributed by atoms with Crippen molar-refractivity contribution in [3.8, 4) is 5.75 Å². The van der Waals surface area contributed by atoms with Crippen LogP contribution in [0.3, 0.4) is 0 Å². The summed E-state index contributed by atoms with van der Waals surface area (Å²) in [4.78, 5) is 28.5. The Morgan fingerprint density at radius 3 is 2.43 bits per heavy atom. The van der Waals surface area contributed by atoms with Crippen molar-refractivity contribution in [1.82, 2.24) is 9.80 Å². The molecule has 3 aliphatic rings. The second kappa shape index (κ2) is 11.0. The number of hydrogen-bond acceptors (Lipinski definition) is 4. The van der Waals surface area contributed by atoms with Gasteiger partial charge in [-0.3, -0.25) is 14.5 Å². The van der Waals surface area contributed by atoms with Crippen LogP contribution in [0.25, 0.3) is 0 Å². The quantitative estimate of drug-likeness (QED) is 0.527. The van der Waals surface area contributed by atoms with E-state index in [9.17, 15) is 14.0 Å². The Bertz CT molecular complexity index is 1160. The fraction of sp³-hybridized carbons (Fsp3) is 0.500. The summed E-state index contributed by atoms with van der Waals surface area (Å²) in [6.07, 6.45) is 4.98. The van der Waals surface area contributed by atoms with Crippen LogP contribution >= 0.6 is 11.6 Å². The first kappa shape index (κ1) is 25.9. The number of benzene rings is 2. The van der Waals surface area contributed by atoms with Crippen LogP contribution in [0.1, 0.15) is 65.9 Å². The lowest BCUT2D eigenvalue weighted by molar-refractivity contribution is -0.121. The van der Waals surface area contributed by atoms with Gasteiger partial charge in [0.15, 0.2) is 0 Å². The van der Waals surface area contributed by atoms with E-state index in [-0.39, 0.29) is 17.3 Å². The van der Waals surface area contributed by atoms with Crippen molar-refractivity contribution in [1.29, 1.82) is 0 Å².